The number of nitrogens with one attached hydrogen (secondary N) is 1. The molecule has 0 saturated carbocycles. The lowest BCUT2D eigenvalue weighted by Crippen LogP contribution is -2.50. The number of carbonyl (C=O) groups is 1. The number of hydrogen-bond donors (Lipinski definition) is 1. The van der Waals surface area contributed by atoms with Gasteiger partial charge in [-0.05, 0) is 51.3 Å². The minimum Gasteiger partial charge on any atom is -0.317 e. The quantitative estimate of drug-likeness (QED) is 0.927. The van der Waals surface area contributed by atoms with Crippen LogP contribution in [0.3, 0.4) is 0 Å². The summed E-state index contributed by atoms with van der Waals surface area (Å²) in [7, 11) is 2.20. The molecule has 122 valence electrons. The van der Waals surface area contributed by atoms with Crippen LogP contribution in [0.2, 0.25) is 0 Å². The summed E-state index contributed by atoms with van der Waals surface area (Å²) in [6, 6.07) is 9.38. The molecule has 2 aromatic rings. The lowest BCUT2D eigenvalue weighted by Gasteiger charge is -2.36. The first-order valence-corrected chi connectivity index (χ1v) is 8.39. The normalized spacial score (nSPS) is 27.3. The van der Waals surface area contributed by atoms with Crippen molar-refractivity contribution in [1.82, 2.24) is 14.9 Å². The average Bonchev–Trinajstić information content (AvgIpc) is 2.92. The molecule has 1 aromatic heterocycles. The summed E-state index contributed by atoms with van der Waals surface area (Å²) >= 11 is 0. The van der Waals surface area contributed by atoms with Gasteiger partial charge < -0.3 is 15.1 Å². The molecule has 2 fully saturated rings. The second kappa shape index (κ2) is 5.57. The van der Waals surface area contributed by atoms with Gasteiger partial charge in [0.15, 0.2) is 0 Å². The Balaban J connectivity index is 1.44. The number of fused-ring (bicyclic) bond motifs is 3. The molecule has 2 unspecified atom stereocenters. The maximum Gasteiger partial charge on any atom is 0.432 e. The Bertz CT molecular complexity index is 725. The Kier molecular flexibility index (Phi) is 3.53. The number of carbonyl (C=O) groups excluding carboxylic acids is 1. The number of aromatic nitrogens is 1. The molecule has 23 heavy (non-hydrogen) atoms. The fraction of sp³-hybridized carbons (Fsp3) is 0.500. The van der Waals surface area contributed by atoms with E-state index in [0.29, 0.717) is 12.1 Å². The molecule has 2 aliphatic rings. The highest BCUT2D eigenvalue weighted by Gasteiger charge is 2.39. The Hall–Kier alpha value is -2.01. The van der Waals surface area contributed by atoms with Gasteiger partial charge in [0, 0.05) is 29.7 Å². The van der Waals surface area contributed by atoms with Crippen molar-refractivity contribution < 1.29 is 9.63 Å². The van der Waals surface area contributed by atoms with Crippen LogP contribution in [0.15, 0.2) is 30.5 Å². The van der Waals surface area contributed by atoms with Crippen molar-refractivity contribution in [2.45, 2.75) is 50.7 Å². The number of hydrogen-bond acceptors (Lipinski definition) is 3. The fourth-order valence-electron chi connectivity index (χ4n) is 4.20. The Morgan fingerprint density at radius 2 is 1.91 bits per heavy atom. The summed E-state index contributed by atoms with van der Waals surface area (Å²) in [6.45, 7) is 2.02. The van der Waals surface area contributed by atoms with Gasteiger partial charge in [0.2, 0.25) is 0 Å². The molecule has 2 bridgehead atoms. The van der Waals surface area contributed by atoms with Crippen LogP contribution in [0.5, 0.6) is 0 Å². The van der Waals surface area contributed by atoms with Gasteiger partial charge in [0.25, 0.3) is 0 Å². The second-order valence-corrected chi connectivity index (χ2v) is 6.90. The number of benzene rings is 1. The first kappa shape index (κ1) is 14.6. The van der Waals surface area contributed by atoms with Gasteiger partial charge in [0.1, 0.15) is 0 Å². The molecule has 0 radical (unpaired) electrons. The van der Waals surface area contributed by atoms with E-state index in [-0.39, 0.29) is 12.1 Å². The minimum atomic E-state index is -0.361. The number of rotatable bonds is 2. The highest BCUT2D eigenvalue weighted by molar-refractivity contribution is 5.84. The molecule has 4 rings (SSSR count). The molecule has 1 N–H and O–H groups in total. The third-order valence-electron chi connectivity index (χ3n) is 5.48. The summed E-state index contributed by atoms with van der Waals surface area (Å²) < 4.78 is 1.57. The number of para-hydroxylation sites is 1. The van der Waals surface area contributed by atoms with E-state index in [1.807, 2.05) is 37.4 Å². The van der Waals surface area contributed by atoms with Crippen molar-refractivity contribution in [1.29, 1.82) is 0 Å². The highest BCUT2D eigenvalue weighted by atomic mass is 16.7. The molecular weight excluding hydrogens is 290 g/mol. The molecule has 5 heteroatoms. The molecule has 1 aromatic carbocycles. The van der Waals surface area contributed by atoms with Crippen molar-refractivity contribution >= 4 is 17.0 Å². The summed E-state index contributed by atoms with van der Waals surface area (Å²) in [5, 5.41) is 4.16. The maximum absolute atomic E-state index is 12.3. The van der Waals surface area contributed by atoms with Gasteiger partial charge in [-0.15, -0.1) is 0 Å². The summed E-state index contributed by atoms with van der Waals surface area (Å²) in [5.41, 5.74) is 2.02. The van der Waals surface area contributed by atoms with E-state index in [0.717, 1.165) is 29.3 Å². The number of amides is 1. The number of nitrogens with zero attached hydrogens (tertiary/aromatic N) is 2. The van der Waals surface area contributed by atoms with E-state index in [2.05, 4.69) is 17.3 Å². The standard InChI is InChI=1S/C18H23N3O2/c1-12-11-21(17-6-4-3-5-16(12)17)23-18(22)19-13-9-14-7-8-15(10-13)20(14)2/h3-6,11,13-15H,7-10H2,1-2H3,(H,19,22). The largest absolute Gasteiger partial charge is 0.432 e. The molecule has 0 spiro atoms. The van der Waals surface area contributed by atoms with E-state index in [4.69, 9.17) is 4.84 Å². The maximum atomic E-state index is 12.3. The third-order valence-corrected chi connectivity index (χ3v) is 5.48. The molecule has 1 amide bonds. The Morgan fingerprint density at radius 3 is 2.65 bits per heavy atom. The van der Waals surface area contributed by atoms with Gasteiger partial charge in [-0.3, -0.25) is 0 Å². The summed E-state index contributed by atoms with van der Waals surface area (Å²) in [6.07, 6.45) is 6.04. The van der Waals surface area contributed by atoms with Crippen molar-refractivity contribution in [3.8, 4) is 0 Å². The zero-order chi connectivity index (χ0) is 16.0. The molecule has 2 saturated heterocycles. The van der Waals surface area contributed by atoms with Crippen LogP contribution in [-0.4, -0.2) is 40.9 Å². The Morgan fingerprint density at radius 1 is 1.22 bits per heavy atom. The van der Waals surface area contributed by atoms with E-state index in [1.165, 1.54) is 12.8 Å². The minimum absolute atomic E-state index is 0.221. The first-order valence-electron chi connectivity index (χ1n) is 8.39. The van der Waals surface area contributed by atoms with Gasteiger partial charge in [0.05, 0.1) is 5.52 Å². The fourth-order valence-corrected chi connectivity index (χ4v) is 4.20. The average molecular weight is 313 g/mol. The van der Waals surface area contributed by atoms with Crippen LogP contribution in [-0.2, 0) is 0 Å². The van der Waals surface area contributed by atoms with Crippen molar-refractivity contribution in [2.24, 2.45) is 0 Å². The van der Waals surface area contributed by atoms with Gasteiger partial charge in [-0.25, -0.2) is 4.79 Å². The highest BCUT2D eigenvalue weighted by Crippen LogP contribution is 2.34. The zero-order valence-corrected chi connectivity index (χ0v) is 13.7. The van der Waals surface area contributed by atoms with Gasteiger partial charge in [-0.2, -0.15) is 4.73 Å². The molecular formula is C18H23N3O2. The van der Waals surface area contributed by atoms with Crippen molar-refractivity contribution in [3.05, 3.63) is 36.0 Å². The topological polar surface area (TPSA) is 46.5 Å². The molecule has 5 nitrogen and oxygen atoms in total. The third kappa shape index (κ3) is 2.59. The van der Waals surface area contributed by atoms with E-state index in [9.17, 15) is 4.79 Å². The van der Waals surface area contributed by atoms with Crippen molar-refractivity contribution in [2.75, 3.05) is 7.05 Å². The summed E-state index contributed by atoms with van der Waals surface area (Å²) in [5.74, 6) is 0. The van der Waals surface area contributed by atoms with Crippen LogP contribution in [0.1, 0.15) is 31.2 Å². The second-order valence-electron chi connectivity index (χ2n) is 6.90. The predicted molar refractivity (Wildman–Crippen MR) is 89.4 cm³/mol. The monoisotopic (exact) mass is 313 g/mol. The molecule has 2 aliphatic heterocycles. The molecule has 0 aliphatic carbocycles. The van der Waals surface area contributed by atoms with Gasteiger partial charge in [-0.1, -0.05) is 18.2 Å². The van der Waals surface area contributed by atoms with E-state index < -0.39 is 0 Å². The predicted octanol–water partition coefficient (Wildman–Crippen LogP) is 2.71. The van der Waals surface area contributed by atoms with Crippen LogP contribution in [0, 0.1) is 6.92 Å². The number of piperidine rings is 1. The van der Waals surface area contributed by atoms with Gasteiger partial charge >= 0.3 is 6.09 Å². The lowest BCUT2D eigenvalue weighted by molar-refractivity contribution is 0.115. The van der Waals surface area contributed by atoms with Crippen LogP contribution in [0.4, 0.5) is 4.79 Å². The Labute approximate surface area is 136 Å². The van der Waals surface area contributed by atoms with Crippen LogP contribution in [0.25, 0.3) is 10.9 Å². The smallest absolute Gasteiger partial charge is 0.317 e. The van der Waals surface area contributed by atoms with Crippen molar-refractivity contribution in [3.63, 3.8) is 0 Å². The van der Waals surface area contributed by atoms with E-state index in [1.54, 1.807) is 4.73 Å². The van der Waals surface area contributed by atoms with Crippen LogP contribution >= 0.6 is 0 Å². The zero-order valence-electron chi connectivity index (χ0n) is 13.7. The molecule has 3 heterocycles. The van der Waals surface area contributed by atoms with Crippen LogP contribution < -0.4 is 10.2 Å². The lowest BCUT2D eigenvalue weighted by atomic mass is 9.98. The molecule has 2 atom stereocenters. The first-order chi connectivity index (χ1) is 11.1. The summed E-state index contributed by atoms with van der Waals surface area (Å²) in [4.78, 5) is 20.3. The SMILES string of the molecule is Cc1cn(OC(=O)NC2CC3CCC(C2)N3C)c2ccccc12. The number of aryl methyl sites for hydroxylation is 1. The van der Waals surface area contributed by atoms with E-state index >= 15 is 0 Å².